The lowest BCUT2D eigenvalue weighted by Gasteiger charge is -2.32. The molecule has 0 fully saturated rings. The molecule has 3 rings (SSSR count). The number of sulfonamides is 1. The molecule has 0 aromatic heterocycles. The largest absolute Gasteiger partial charge is 0.497 e. The van der Waals surface area contributed by atoms with Crippen molar-refractivity contribution >= 4 is 27.5 Å². The van der Waals surface area contributed by atoms with Gasteiger partial charge in [-0.3, -0.25) is 13.9 Å². The van der Waals surface area contributed by atoms with Gasteiger partial charge in [-0.15, -0.1) is 0 Å². The zero-order valence-electron chi connectivity index (χ0n) is 23.8. The molecule has 41 heavy (non-hydrogen) atoms. The van der Waals surface area contributed by atoms with Crippen molar-refractivity contribution in [2.75, 3.05) is 30.8 Å². The third kappa shape index (κ3) is 9.31. The molecule has 2 amide bonds. The molecule has 8 nitrogen and oxygen atoms in total. The third-order valence-electron chi connectivity index (χ3n) is 6.58. The van der Waals surface area contributed by atoms with Crippen LogP contribution in [0.25, 0.3) is 0 Å². The molecule has 0 bridgehead atoms. The number of ether oxygens (including phenoxy) is 1. The van der Waals surface area contributed by atoms with E-state index in [0.717, 1.165) is 28.1 Å². The number of para-hydroxylation sites is 1. The molecule has 0 aliphatic rings. The lowest BCUT2D eigenvalue weighted by atomic mass is 10.0. The second-order valence-electron chi connectivity index (χ2n) is 9.76. The Labute approximate surface area is 242 Å². The number of halogens is 1. The molecule has 0 heterocycles. The monoisotopic (exact) mass is 583 g/mol. The van der Waals surface area contributed by atoms with Gasteiger partial charge in [0.05, 0.1) is 19.1 Å². The van der Waals surface area contributed by atoms with Crippen molar-refractivity contribution in [2.45, 2.75) is 45.2 Å². The fourth-order valence-corrected chi connectivity index (χ4v) is 5.49. The van der Waals surface area contributed by atoms with Gasteiger partial charge >= 0.3 is 0 Å². The summed E-state index contributed by atoms with van der Waals surface area (Å²) in [6, 6.07) is 21.6. The Bertz CT molecular complexity index is 1400. The average Bonchev–Trinajstić information content (AvgIpc) is 2.96. The van der Waals surface area contributed by atoms with E-state index in [0.29, 0.717) is 18.7 Å². The first-order chi connectivity index (χ1) is 19.6. The molecule has 1 atom stereocenters. The summed E-state index contributed by atoms with van der Waals surface area (Å²) in [5.74, 6) is -0.628. The Kier molecular flexibility index (Phi) is 11.7. The summed E-state index contributed by atoms with van der Waals surface area (Å²) in [4.78, 5) is 28.8. The van der Waals surface area contributed by atoms with E-state index < -0.39 is 21.9 Å². The molecule has 3 aromatic rings. The maximum Gasteiger partial charge on any atom is 0.243 e. The number of nitrogens with one attached hydrogen (secondary N) is 1. The van der Waals surface area contributed by atoms with E-state index in [4.69, 9.17) is 4.74 Å². The van der Waals surface area contributed by atoms with Gasteiger partial charge in [0.15, 0.2) is 0 Å². The van der Waals surface area contributed by atoms with Crippen LogP contribution in [0.4, 0.5) is 10.1 Å². The number of rotatable bonds is 15. The van der Waals surface area contributed by atoms with Crippen molar-refractivity contribution in [1.29, 1.82) is 0 Å². The number of hydrogen-bond donors (Lipinski definition) is 1. The second kappa shape index (κ2) is 15.2. The Morgan fingerprint density at radius 3 is 2.32 bits per heavy atom. The standard InChI is InChI=1S/C31H38FN3O5S/c1-4-19-33-31(37)29(22-24-12-6-5-7-13-24)34(23-25-14-10-15-26(21-25)40-2)30(36)18-11-20-35(41(3,38)39)28-17-9-8-16-27(28)32/h5-10,12-17,21,29H,4,11,18-20,22-23H2,1-3H3,(H,33,37)/t29-/m0/s1. The minimum Gasteiger partial charge on any atom is -0.497 e. The number of nitrogens with zero attached hydrogens (tertiary/aromatic N) is 2. The SMILES string of the molecule is CCCNC(=O)[C@H](Cc1ccccc1)N(Cc1cccc(OC)c1)C(=O)CCCN(c1ccccc1F)S(C)(=O)=O. The number of carbonyl (C=O) groups excluding carboxylic acids is 2. The smallest absolute Gasteiger partial charge is 0.243 e. The van der Waals surface area contributed by atoms with Crippen LogP contribution in [-0.2, 0) is 32.6 Å². The van der Waals surface area contributed by atoms with E-state index >= 15 is 0 Å². The van der Waals surface area contributed by atoms with E-state index in [-0.39, 0.29) is 43.4 Å². The molecule has 0 spiro atoms. The van der Waals surface area contributed by atoms with Crippen molar-refractivity contribution < 1.29 is 27.1 Å². The van der Waals surface area contributed by atoms with Gasteiger partial charge in [-0.2, -0.15) is 0 Å². The number of hydrogen-bond acceptors (Lipinski definition) is 5. The highest BCUT2D eigenvalue weighted by Gasteiger charge is 2.30. The Balaban J connectivity index is 1.89. The van der Waals surface area contributed by atoms with Crippen LogP contribution in [0.1, 0.15) is 37.3 Å². The van der Waals surface area contributed by atoms with Crippen LogP contribution in [-0.4, -0.2) is 57.6 Å². The van der Waals surface area contributed by atoms with Gasteiger partial charge in [0.25, 0.3) is 0 Å². The van der Waals surface area contributed by atoms with Crippen LogP contribution in [0.15, 0.2) is 78.9 Å². The van der Waals surface area contributed by atoms with Gasteiger partial charge in [-0.1, -0.05) is 61.5 Å². The Hall–Kier alpha value is -3.92. The average molecular weight is 584 g/mol. The van der Waals surface area contributed by atoms with Gasteiger partial charge in [0, 0.05) is 32.5 Å². The van der Waals surface area contributed by atoms with E-state index in [1.165, 1.54) is 18.2 Å². The summed E-state index contributed by atoms with van der Waals surface area (Å²) < 4.78 is 45.8. The molecule has 0 saturated carbocycles. The van der Waals surface area contributed by atoms with Crippen molar-refractivity contribution in [2.24, 2.45) is 0 Å². The van der Waals surface area contributed by atoms with Crippen molar-refractivity contribution in [3.8, 4) is 5.75 Å². The first-order valence-corrected chi connectivity index (χ1v) is 15.4. The highest BCUT2D eigenvalue weighted by atomic mass is 32.2. The molecule has 0 saturated heterocycles. The molecule has 10 heteroatoms. The van der Waals surface area contributed by atoms with Crippen LogP contribution < -0.4 is 14.4 Å². The van der Waals surface area contributed by atoms with Crippen LogP contribution in [0, 0.1) is 5.82 Å². The third-order valence-corrected chi connectivity index (χ3v) is 7.76. The zero-order valence-corrected chi connectivity index (χ0v) is 24.6. The van der Waals surface area contributed by atoms with Crippen LogP contribution in [0.3, 0.4) is 0 Å². The number of amides is 2. The number of methoxy groups -OCH3 is 1. The predicted octanol–water partition coefficient (Wildman–Crippen LogP) is 4.55. The fourth-order valence-electron chi connectivity index (χ4n) is 4.52. The molecule has 1 N–H and O–H groups in total. The Morgan fingerprint density at radius 1 is 0.976 bits per heavy atom. The van der Waals surface area contributed by atoms with E-state index in [9.17, 15) is 22.4 Å². The summed E-state index contributed by atoms with van der Waals surface area (Å²) in [6.07, 6.45) is 2.13. The molecule has 0 aliphatic carbocycles. The Morgan fingerprint density at radius 2 is 1.66 bits per heavy atom. The van der Waals surface area contributed by atoms with Crippen LogP contribution in [0.2, 0.25) is 0 Å². The molecular formula is C31H38FN3O5S. The topological polar surface area (TPSA) is 96.0 Å². The first kappa shape index (κ1) is 31.6. The van der Waals surface area contributed by atoms with E-state index in [1.807, 2.05) is 55.5 Å². The van der Waals surface area contributed by atoms with Gasteiger partial charge in [0.1, 0.15) is 17.6 Å². The van der Waals surface area contributed by atoms with Crippen LogP contribution in [0.5, 0.6) is 5.75 Å². The first-order valence-electron chi connectivity index (χ1n) is 13.6. The zero-order chi connectivity index (χ0) is 29.8. The quantitative estimate of drug-likeness (QED) is 0.283. The van der Waals surface area contributed by atoms with Crippen LogP contribution >= 0.6 is 0 Å². The van der Waals surface area contributed by atoms with Gasteiger partial charge < -0.3 is 15.0 Å². The highest BCUT2D eigenvalue weighted by molar-refractivity contribution is 7.92. The van der Waals surface area contributed by atoms with Gasteiger partial charge in [-0.25, -0.2) is 12.8 Å². The molecule has 220 valence electrons. The molecule has 0 unspecified atom stereocenters. The molecule has 0 aliphatic heterocycles. The summed E-state index contributed by atoms with van der Waals surface area (Å²) in [7, 11) is -2.25. The fraction of sp³-hybridized carbons (Fsp3) is 0.355. The van der Waals surface area contributed by atoms with E-state index in [1.54, 1.807) is 24.1 Å². The molecular weight excluding hydrogens is 545 g/mol. The lowest BCUT2D eigenvalue weighted by Crippen LogP contribution is -2.50. The molecule has 0 radical (unpaired) electrons. The maximum atomic E-state index is 14.5. The van der Waals surface area contributed by atoms with Crippen molar-refractivity contribution in [3.63, 3.8) is 0 Å². The number of carbonyl (C=O) groups is 2. The second-order valence-corrected chi connectivity index (χ2v) is 11.7. The number of benzene rings is 3. The summed E-state index contributed by atoms with van der Waals surface area (Å²) >= 11 is 0. The van der Waals surface area contributed by atoms with Gasteiger partial charge in [-0.05, 0) is 48.2 Å². The minimum absolute atomic E-state index is 0.0449. The highest BCUT2D eigenvalue weighted by Crippen LogP contribution is 2.23. The minimum atomic E-state index is -3.81. The normalized spacial score (nSPS) is 11.9. The number of anilines is 1. The van der Waals surface area contributed by atoms with E-state index in [2.05, 4.69) is 5.32 Å². The summed E-state index contributed by atoms with van der Waals surface area (Å²) in [6.45, 7) is 2.48. The van der Waals surface area contributed by atoms with Gasteiger partial charge in [0.2, 0.25) is 21.8 Å². The lowest BCUT2D eigenvalue weighted by molar-refractivity contribution is -0.141. The summed E-state index contributed by atoms with van der Waals surface area (Å²) in [5.41, 5.74) is 1.61. The van der Waals surface area contributed by atoms with Crippen molar-refractivity contribution in [1.82, 2.24) is 10.2 Å². The summed E-state index contributed by atoms with van der Waals surface area (Å²) in [5, 5.41) is 2.93. The maximum absolute atomic E-state index is 14.5. The predicted molar refractivity (Wildman–Crippen MR) is 159 cm³/mol. The van der Waals surface area contributed by atoms with Crippen molar-refractivity contribution in [3.05, 3.63) is 95.8 Å². The molecule has 3 aromatic carbocycles.